The maximum atomic E-state index is 10.0. The first kappa shape index (κ1) is 16.6. The minimum absolute atomic E-state index is 0.174. The number of rotatable bonds is 10. The van der Waals surface area contributed by atoms with Crippen LogP contribution in [0.3, 0.4) is 0 Å². The zero-order valence-corrected chi connectivity index (χ0v) is 12.9. The average molecular weight is 268 g/mol. The Morgan fingerprint density at radius 3 is 2.58 bits per heavy atom. The Balaban J connectivity index is 1.96. The lowest BCUT2D eigenvalue weighted by Gasteiger charge is -2.25. The first-order valence-corrected chi connectivity index (χ1v) is 8.24. The van der Waals surface area contributed by atoms with Gasteiger partial charge < -0.3 is 9.84 Å². The predicted molar refractivity (Wildman–Crippen MR) is 81.1 cm³/mol. The first-order valence-electron chi connectivity index (χ1n) is 8.24. The predicted octanol–water partition coefficient (Wildman–Crippen LogP) is 4.96. The Kier molecular flexibility index (Phi) is 8.98. The molecule has 0 aromatic rings. The van der Waals surface area contributed by atoms with Crippen LogP contribution in [0.25, 0.3) is 0 Å². The maximum Gasteiger partial charge on any atom is 0.101 e. The summed E-state index contributed by atoms with van der Waals surface area (Å²) >= 11 is 0. The molecule has 0 amide bonds. The standard InChI is InChI=1S/C17H32O2/c1-3-4-5-6-7-8-9-12-16(18)14-17-13-10-11-15(2)19-17/h11,16-18H,3-10,12-14H2,1-2H3/t16-,17+/m1/s1. The van der Waals surface area contributed by atoms with E-state index in [1.165, 1.54) is 38.5 Å². The minimum atomic E-state index is -0.174. The molecular formula is C17H32O2. The molecule has 1 N–H and O–H groups in total. The summed E-state index contributed by atoms with van der Waals surface area (Å²) in [4.78, 5) is 0. The Bertz CT molecular complexity index is 248. The van der Waals surface area contributed by atoms with Gasteiger partial charge >= 0.3 is 0 Å². The molecule has 2 heteroatoms. The fourth-order valence-electron chi connectivity index (χ4n) is 2.77. The van der Waals surface area contributed by atoms with Crippen molar-refractivity contribution >= 4 is 0 Å². The van der Waals surface area contributed by atoms with E-state index in [0.717, 1.165) is 37.9 Å². The number of hydrogen-bond acceptors (Lipinski definition) is 2. The van der Waals surface area contributed by atoms with E-state index in [-0.39, 0.29) is 12.2 Å². The lowest BCUT2D eigenvalue weighted by Crippen LogP contribution is -2.22. The summed E-state index contributed by atoms with van der Waals surface area (Å²) in [6.07, 6.45) is 15.3. The van der Waals surface area contributed by atoms with Crippen LogP contribution in [0.15, 0.2) is 11.8 Å². The molecule has 2 atom stereocenters. The molecule has 0 fully saturated rings. The monoisotopic (exact) mass is 268 g/mol. The number of aliphatic hydroxyl groups excluding tert-OH is 1. The van der Waals surface area contributed by atoms with Gasteiger partial charge in [-0.25, -0.2) is 0 Å². The summed E-state index contributed by atoms with van der Waals surface area (Å²) in [6, 6.07) is 0. The van der Waals surface area contributed by atoms with Crippen molar-refractivity contribution in [3.05, 3.63) is 11.8 Å². The van der Waals surface area contributed by atoms with Gasteiger partial charge in [-0.3, -0.25) is 0 Å². The summed E-state index contributed by atoms with van der Waals surface area (Å²) in [5.74, 6) is 1.03. The third-order valence-corrected chi connectivity index (χ3v) is 3.95. The highest BCUT2D eigenvalue weighted by molar-refractivity contribution is 4.94. The summed E-state index contributed by atoms with van der Waals surface area (Å²) in [6.45, 7) is 4.26. The molecule has 1 aliphatic heterocycles. The van der Waals surface area contributed by atoms with E-state index < -0.39 is 0 Å². The van der Waals surface area contributed by atoms with E-state index in [1.807, 2.05) is 6.92 Å². The lowest BCUT2D eigenvalue weighted by atomic mass is 10.00. The van der Waals surface area contributed by atoms with Crippen LogP contribution in [0.2, 0.25) is 0 Å². The topological polar surface area (TPSA) is 29.5 Å². The number of ether oxygens (including phenoxy) is 1. The van der Waals surface area contributed by atoms with Crippen molar-refractivity contribution in [1.29, 1.82) is 0 Å². The Morgan fingerprint density at radius 2 is 1.89 bits per heavy atom. The van der Waals surface area contributed by atoms with Crippen molar-refractivity contribution in [3.63, 3.8) is 0 Å². The number of aliphatic hydroxyl groups is 1. The third kappa shape index (κ3) is 8.30. The molecule has 0 radical (unpaired) electrons. The zero-order valence-electron chi connectivity index (χ0n) is 12.9. The zero-order chi connectivity index (χ0) is 13.9. The molecule has 19 heavy (non-hydrogen) atoms. The highest BCUT2D eigenvalue weighted by atomic mass is 16.5. The van der Waals surface area contributed by atoms with Gasteiger partial charge in [-0.1, -0.05) is 51.9 Å². The van der Waals surface area contributed by atoms with Crippen molar-refractivity contribution in [3.8, 4) is 0 Å². The van der Waals surface area contributed by atoms with Crippen molar-refractivity contribution in [2.75, 3.05) is 0 Å². The van der Waals surface area contributed by atoms with Crippen molar-refractivity contribution < 1.29 is 9.84 Å². The molecular weight excluding hydrogens is 236 g/mol. The van der Waals surface area contributed by atoms with Gasteiger partial charge in [0.1, 0.15) is 6.10 Å². The second-order valence-electron chi connectivity index (χ2n) is 5.93. The molecule has 0 spiro atoms. The molecule has 1 aliphatic rings. The smallest absolute Gasteiger partial charge is 0.101 e. The maximum absolute atomic E-state index is 10.0. The second kappa shape index (κ2) is 10.3. The Labute approximate surface area is 119 Å². The molecule has 1 heterocycles. The van der Waals surface area contributed by atoms with Crippen molar-refractivity contribution in [1.82, 2.24) is 0 Å². The van der Waals surface area contributed by atoms with Crippen LogP contribution in [0.5, 0.6) is 0 Å². The van der Waals surface area contributed by atoms with Gasteiger partial charge in [-0.05, 0) is 32.3 Å². The molecule has 0 aromatic carbocycles. The fourth-order valence-corrected chi connectivity index (χ4v) is 2.77. The van der Waals surface area contributed by atoms with Crippen LogP contribution >= 0.6 is 0 Å². The minimum Gasteiger partial charge on any atom is -0.495 e. The van der Waals surface area contributed by atoms with Crippen LogP contribution in [-0.4, -0.2) is 17.3 Å². The first-order chi connectivity index (χ1) is 9.22. The van der Waals surface area contributed by atoms with Gasteiger partial charge in [0.25, 0.3) is 0 Å². The molecule has 2 nitrogen and oxygen atoms in total. The van der Waals surface area contributed by atoms with Gasteiger partial charge in [0.15, 0.2) is 0 Å². The van der Waals surface area contributed by atoms with Crippen LogP contribution in [0, 0.1) is 0 Å². The van der Waals surface area contributed by atoms with E-state index >= 15 is 0 Å². The van der Waals surface area contributed by atoms with Crippen molar-refractivity contribution in [2.24, 2.45) is 0 Å². The third-order valence-electron chi connectivity index (χ3n) is 3.95. The molecule has 0 saturated carbocycles. The van der Waals surface area contributed by atoms with E-state index in [0.29, 0.717) is 0 Å². The highest BCUT2D eigenvalue weighted by Gasteiger charge is 2.18. The summed E-state index contributed by atoms with van der Waals surface area (Å²) < 4.78 is 5.73. The van der Waals surface area contributed by atoms with Crippen molar-refractivity contribution in [2.45, 2.75) is 96.7 Å². The van der Waals surface area contributed by atoms with Crippen LogP contribution < -0.4 is 0 Å². The second-order valence-corrected chi connectivity index (χ2v) is 5.93. The Morgan fingerprint density at radius 1 is 1.21 bits per heavy atom. The van der Waals surface area contributed by atoms with Gasteiger partial charge in [-0.15, -0.1) is 0 Å². The molecule has 0 aliphatic carbocycles. The summed E-state index contributed by atoms with van der Waals surface area (Å²) in [5.41, 5.74) is 0. The van der Waals surface area contributed by atoms with Gasteiger partial charge in [0.05, 0.1) is 11.9 Å². The average Bonchev–Trinajstić information content (AvgIpc) is 2.37. The van der Waals surface area contributed by atoms with Crippen LogP contribution in [-0.2, 0) is 4.74 Å². The number of allylic oxidation sites excluding steroid dienone is 2. The highest BCUT2D eigenvalue weighted by Crippen LogP contribution is 2.21. The normalized spacial score (nSPS) is 20.8. The lowest BCUT2D eigenvalue weighted by molar-refractivity contribution is 0.0379. The summed E-state index contributed by atoms with van der Waals surface area (Å²) in [5, 5.41) is 10.0. The van der Waals surface area contributed by atoms with Gasteiger partial charge in [0.2, 0.25) is 0 Å². The summed E-state index contributed by atoms with van der Waals surface area (Å²) in [7, 11) is 0. The van der Waals surface area contributed by atoms with E-state index in [4.69, 9.17) is 4.74 Å². The SMILES string of the molecule is CCCCCCCCC[C@@H](O)C[C@@H]1CCC=C(C)O1. The quantitative estimate of drug-likeness (QED) is 0.567. The molecule has 1 rings (SSSR count). The number of hydrogen-bond donors (Lipinski definition) is 1. The Hall–Kier alpha value is -0.500. The number of unbranched alkanes of at least 4 members (excludes halogenated alkanes) is 6. The fraction of sp³-hybridized carbons (Fsp3) is 0.882. The van der Waals surface area contributed by atoms with Crippen LogP contribution in [0.4, 0.5) is 0 Å². The molecule has 0 aromatic heterocycles. The van der Waals surface area contributed by atoms with Crippen LogP contribution in [0.1, 0.15) is 84.5 Å². The molecule has 0 saturated heterocycles. The van der Waals surface area contributed by atoms with Gasteiger partial charge in [-0.2, -0.15) is 0 Å². The molecule has 112 valence electrons. The molecule has 0 bridgehead atoms. The van der Waals surface area contributed by atoms with E-state index in [2.05, 4.69) is 13.0 Å². The van der Waals surface area contributed by atoms with E-state index in [9.17, 15) is 5.11 Å². The molecule has 0 unspecified atom stereocenters. The van der Waals surface area contributed by atoms with E-state index in [1.54, 1.807) is 0 Å². The van der Waals surface area contributed by atoms with Gasteiger partial charge in [0, 0.05) is 6.42 Å². The largest absolute Gasteiger partial charge is 0.495 e.